The van der Waals surface area contributed by atoms with E-state index in [0.29, 0.717) is 12.1 Å². The first-order chi connectivity index (χ1) is 58.9. The van der Waals surface area contributed by atoms with E-state index in [1.165, 1.54) is 55.5 Å². The number of aromatic hydroxyl groups is 3. The van der Waals surface area contributed by atoms with E-state index >= 15 is 24.0 Å². The van der Waals surface area contributed by atoms with E-state index in [4.69, 9.17) is 72.6 Å². The summed E-state index contributed by atoms with van der Waals surface area (Å²) in [6.45, 7) is 7.28. The van der Waals surface area contributed by atoms with Crippen LogP contribution in [0.4, 0.5) is 0 Å². The number of aliphatic hydroxyl groups is 8. The number of benzene rings is 6. The number of carbonyl (C=O) groups is 8. The number of ketones is 2. The van der Waals surface area contributed by atoms with Crippen LogP contribution in [-0.4, -0.2) is 224 Å². The summed E-state index contributed by atoms with van der Waals surface area (Å²) in [5.74, 6) is -19.7. The maximum absolute atomic E-state index is 16.6. The molecular weight excluding hydrogens is 1680 g/mol. The molecule has 23 atom stereocenters. The van der Waals surface area contributed by atoms with Crippen LogP contribution in [0.2, 0.25) is 10.0 Å². The first kappa shape index (κ1) is 91.6. The molecule has 6 aromatic carbocycles. The number of rotatable bonds is 20. The summed E-state index contributed by atoms with van der Waals surface area (Å²) in [5.41, 5.74) is 10.0. The van der Waals surface area contributed by atoms with Crippen LogP contribution in [0.3, 0.4) is 0 Å². The lowest BCUT2D eigenvalue weighted by atomic mass is 9.84. The summed E-state index contributed by atoms with van der Waals surface area (Å²) < 4.78 is 51.4. The van der Waals surface area contributed by atoms with Crippen molar-refractivity contribution in [3.8, 4) is 67.7 Å². The zero-order chi connectivity index (χ0) is 89.4. The highest BCUT2D eigenvalue weighted by Crippen LogP contribution is 2.51. The SMILES string of the molecule is CC[C@H](CC(C)C)C(=O)N[C@H]1C(=O)C[C@@H](CC(N)=O)C(=O)N[C@H]2C(=O)C[C@H]3C(=O)N[C@H](C(=O)N[C@@H](C(=O)O)c4cc(O)cc(O)c4-c4cc3ccc4O)[C@H](OC3C[C@](C)(N)[C@@H](O)[C@H](C)O3)c3ccc(c(Cl)c3)Oc3cc2cc(c3O[C@@H]2O[C@H](CO)[C@@H](O[C@@H]3O[C@H](CNCc4csc(-c5ccccc5)n4)[C@H](O)[C@H](O)[C@H]3O)[C@H](O)[C@H]2O)Oc2ccc(cc2Cl)[C@H]1O. The lowest BCUT2D eigenvalue weighted by Gasteiger charge is -2.46. The van der Waals surface area contributed by atoms with Crippen molar-refractivity contribution in [3.05, 3.63) is 158 Å². The van der Waals surface area contributed by atoms with E-state index in [9.17, 15) is 75.7 Å². The van der Waals surface area contributed by atoms with E-state index < -0.39 is 280 Å². The van der Waals surface area contributed by atoms with Gasteiger partial charge in [-0.1, -0.05) is 92.5 Å². The molecule has 0 aliphatic carbocycles. The van der Waals surface area contributed by atoms with Crippen LogP contribution in [0.15, 0.2) is 115 Å². The number of phenols is 3. The molecule has 3 fully saturated rings. The molecule has 15 rings (SSSR count). The van der Waals surface area contributed by atoms with Crippen LogP contribution >= 0.6 is 34.5 Å². The Labute approximate surface area is 722 Å². The van der Waals surface area contributed by atoms with Crippen molar-refractivity contribution >= 4 is 81.6 Å². The second-order valence-electron chi connectivity index (χ2n) is 32.3. The quantitative estimate of drug-likeness (QED) is 0.0507. The van der Waals surface area contributed by atoms with Gasteiger partial charge in [-0.05, 0) is 109 Å². The van der Waals surface area contributed by atoms with E-state index in [0.717, 1.165) is 59.1 Å². The topological polar surface area (TPSA) is 578 Å². The molecule has 0 radical (unpaired) electrons. The fourth-order valence-electron chi connectivity index (χ4n) is 16.2. The van der Waals surface area contributed by atoms with Crippen molar-refractivity contribution in [1.82, 2.24) is 31.6 Å². The Kier molecular flexibility index (Phi) is 28.3. The van der Waals surface area contributed by atoms with Crippen LogP contribution in [0.1, 0.15) is 137 Å². The molecule has 21 N–H and O–H groups in total. The third-order valence-corrected chi connectivity index (χ3v) is 24.3. The average Bonchev–Trinajstić information content (AvgIpc) is 0.838. The Balaban J connectivity index is 0.972. The van der Waals surface area contributed by atoms with Gasteiger partial charge in [0.15, 0.2) is 41.7 Å². The number of ether oxygens (including phenoxy) is 8. The van der Waals surface area contributed by atoms with Crippen LogP contribution < -0.4 is 52.3 Å². The third-order valence-electron chi connectivity index (χ3n) is 22.8. The number of thiazole rings is 1. The summed E-state index contributed by atoms with van der Waals surface area (Å²) in [5, 5.41) is 155. The number of aliphatic hydroxyl groups excluding tert-OH is 8. The van der Waals surface area contributed by atoms with Gasteiger partial charge in [0.25, 0.3) is 0 Å². The molecule has 7 aromatic rings. The highest BCUT2D eigenvalue weighted by Gasteiger charge is 2.53. The Hall–Kier alpha value is -10.1. The first-order valence-electron chi connectivity index (χ1n) is 40.0. The minimum atomic E-state index is -2.34. The van der Waals surface area contributed by atoms with Gasteiger partial charge in [-0.15, -0.1) is 11.3 Å². The van der Waals surface area contributed by atoms with Crippen molar-refractivity contribution in [3.63, 3.8) is 0 Å². The van der Waals surface area contributed by atoms with Gasteiger partial charge >= 0.3 is 5.97 Å². The van der Waals surface area contributed by atoms with Crippen LogP contribution in [0.5, 0.6) is 46.0 Å². The summed E-state index contributed by atoms with van der Waals surface area (Å²) in [7, 11) is 0. The van der Waals surface area contributed by atoms with Crippen molar-refractivity contribution in [2.24, 2.45) is 29.2 Å². The van der Waals surface area contributed by atoms with Gasteiger partial charge in [-0.3, -0.25) is 33.6 Å². The second-order valence-corrected chi connectivity index (χ2v) is 34.0. The number of Topliss-reactive ketones (excluding diaryl/α,β-unsaturated/α-hetero) is 2. The molecule has 8 aliphatic heterocycles. The molecule has 0 spiro atoms. The monoisotopic (exact) mass is 1780 g/mol. The van der Waals surface area contributed by atoms with Crippen molar-refractivity contribution < 1.29 is 138 Å². The summed E-state index contributed by atoms with van der Waals surface area (Å²) >= 11 is 15.9. The highest BCUT2D eigenvalue weighted by atomic mass is 35.5. The Morgan fingerprint density at radius 1 is 0.710 bits per heavy atom. The van der Waals surface area contributed by atoms with Crippen LogP contribution in [0.25, 0.3) is 21.7 Å². The Bertz CT molecular complexity index is 5160. The number of carboxylic acid groups (broad SMARTS) is 1. The molecule has 664 valence electrons. The summed E-state index contributed by atoms with van der Waals surface area (Å²) in [4.78, 5) is 126. The van der Waals surface area contributed by atoms with Gasteiger partial charge < -0.3 is 137 Å². The molecular formula is C85H96Cl2N8O28S. The number of aromatic nitrogens is 1. The zero-order valence-corrected chi connectivity index (χ0v) is 69.6. The van der Waals surface area contributed by atoms with Gasteiger partial charge in [0.2, 0.25) is 41.6 Å². The molecule has 1 unspecified atom stereocenters. The fourth-order valence-corrected chi connectivity index (χ4v) is 17.5. The number of nitrogens with two attached hydrogens (primary N) is 2. The van der Waals surface area contributed by atoms with E-state index in [1.807, 2.05) is 49.6 Å². The molecule has 11 bridgehead atoms. The van der Waals surface area contributed by atoms with E-state index in [1.54, 1.807) is 6.92 Å². The van der Waals surface area contributed by atoms with E-state index in [-0.39, 0.29) is 59.3 Å². The molecule has 9 heterocycles. The van der Waals surface area contributed by atoms with Gasteiger partial charge in [0, 0.05) is 83.9 Å². The number of primary amides is 1. The van der Waals surface area contributed by atoms with Crippen molar-refractivity contribution in [2.45, 2.75) is 207 Å². The lowest BCUT2D eigenvalue weighted by Crippen LogP contribution is -2.65. The zero-order valence-electron chi connectivity index (χ0n) is 67.3. The molecule has 124 heavy (non-hydrogen) atoms. The summed E-state index contributed by atoms with van der Waals surface area (Å²) in [6, 6.07) is 14.9. The van der Waals surface area contributed by atoms with Gasteiger partial charge in [-0.2, -0.15) is 0 Å². The minimum Gasteiger partial charge on any atom is -0.508 e. The predicted molar refractivity (Wildman–Crippen MR) is 438 cm³/mol. The maximum Gasteiger partial charge on any atom is 0.330 e. The molecule has 39 heteroatoms. The Morgan fingerprint density at radius 3 is 2.02 bits per heavy atom. The van der Waals surface area contributed by atoms with Crippen LogP contribution in [-0.2, 0) is 68.6 Å². The molecule has 0 saturated carbocycles. The maximum atomic E-state index is 16.6. The third kappa shape index (κ3) is 19.9. The average molecular weight is 1780 g/mol. The number of amides is 5. The van der Waals surface area contributed by atoms with Gasteiger partial charge in [0.1, 0.15) is 113 Å². The standard InChI is InChI=1S/C85H96Cl2N8O28S/c1-6-36(18-34(2)3)77(110)94-65-52(100)22-42(25-60(88)102)78(111)92-63-41-23-56(117-54-16-13-39(67(65)103)20-48(54)86)74(122-84-72(108)70(106)75(59(32-96)120-84)123-83-71(107)69(105)68(104)58(119-83)31-90-30-43-33-124-81(91-43)37-10-8-7-9-11-37)57(24-41)118-55-17-14-40(21-49(55)87)73(121-61-29-85(5,89)76(109)35(4)116-61)66-80(113)93-64(82(114)115)47-26-44(97)27-51(99)62(47)46-19-38(12-15-50(46)98)45(28-53(63)101)79(112)95-66/h7-17,19-21,23-24,26-27,33-36,42,45,58-59,61,63-73,75-76,83-84,90,96-99,103-109H,6,18,22,25,28-32,89H2,1-5H3,(H2,88,102)(H,92,111)(H,93,113)(H,94,110)(H,95,112)(H,114,115)/t35-,36+,42-,45+,58+,59+,61?,63+,64+,65-,66-,67+,68-,69-,70+,71+,72+,73+,75+,76-,83-,84-,85-/m0/s1. The minimum absolute atomic E-state index is 0.0452. The number of phenolic OH excluding ortho intramolecular Hbond substituents is 3. The molecule has 36 nitrogen and oxygen atoms in total. The highest BCUT2D eigenvalue weighted by molar-refractivity contribution is 7.13. The number of halogens is 2. The van der Waals surface area contributed by atoms with Gasteiger partial charge in [0.05, 0.1) is 46.4 Å². The Morgan fingerprint density at radius 2 is 1.37 bits per heavy atom. The summed E-state index contributed by atoms with van der Waals surface area (Å²) in [6.07, 6.45) is -30.4. The first-order valence-corrected chi connectivity index (χ1v) is 41.6. The van der Waals surface area contributed by atoms with Gasteiger partial charge in [-0.25, -0.2) is 9.78 Å². The molecule has 1 aromatic heterocycles. The number of nitrogens with zero attached hydrogens (tertiary/aromatic N) is 1. The number of nitrogens with one attached hydrogen (secondary N) is 5. The van der Waals surface area contributed by atoms with Crippen molar-refractivity contribution in [2.75, 3.05) is 13.2 Å². The number of carbonyl (C=O) groups excluding carboxylic acids is 7. The molecule has 3 saturated heterocycles. The number of carboxylic acids is 1. The van der Waals surface area contributed by atoms with Crippen molar-refractivity contribution in [1.29, 1.82) is 0 Å². The normalized spacial score (nSPS) is 30.0. The predicted octanol–water partition coefficient (Wildman–Crippen LogP) is 4.27. The largest absolute Gasteiger partial charge is 0.508 e. The fraction of sp³-hybridized carbons (Fsp3) is 0.447. The number of fused-ring (bicyclic) bond motifs is 15. The molecule has 5 amide bonds. The van der Waals surface area contributed by atoms with E-state index in [2.05, 4.69) is 31.6 Å². The number of hydrogen-bond acceptors (Lipinski definition) is 31. The second kappa shape index (κ2) is 38.4. The lowest BCUT2D eigenvalue weighted by molar-refractivity contribution is -0.350. The van der Waals surface area contributed by atoms with Crippen LogP contribution in [0, 0.1) is 17.8 Å². The number of hydrogen-bond donors (Lipinski definition) is 19. The molecule has 8 aliphatic rings. The number of aliphatic carboxylic acids is 1. The smallest absolute Gasteiger partial charge is 0.330 e.